The number of halogens is 1. The second-order valence-corrected chi connectivity index (χ2v) is 6.60. The number of hydrogen-bond acceptors (Lipinski definition) is 6. The fourth-order valence-corrected chi connectivity index (χ4v) is 2.34. The summed E-state index contributed by atoms with van der Waals surface area (Å²) in [6.45, 7) is 0. The van der Waals surface area contributed by atoms with E-state index in [2.05, 4.69) is 20.6 Å². The van der Waals surface area contributed by atoms with E-state index in [4.69, 9.17) is 11.6 Å². The largest absolute Gasteiger partial charge is 0.356 e. The van der Waals surface area contributed by atoms with Crippen molar-refractivity contribution in [3.63, 3.8) is 0 Å². The van der Waals surface area contributed by atoms with Crippen molar-refractivity contribution in [3.05, 3.63) is 11.5 Å². The average Bonchev–Trinajstić information content (AvgIpc) is 2.26. The van der Waals surface area contributed by atoms with Gasteiger partial charge in [0.15, 0.2) is 5.82 Å². The Bertz CT molecular complexity index is 589. The van der Waals surface area contributed by atoms with Crippen molar-refractivity contribution in [1.29, 1.82) is 0 Å². The van der Waals surface area contributed by atoms with Gasteiger partial charge in [0.25, 0.3) is 0 Å². The van der Waals surface area contributed by atoms with Crippen LogP contribution in [-0.2, 0) is 14.6 Å². The van der Waals surface area contributed by atoms with Crippen LogP contribution in [0.5, 0.6) is 0 Å². The Morgan fingerprint density at radius 2 is 2.22 bits per heavy atom. The van der Waals surface area contributed by atoms with Gasteiger partial charge in [0.1, 0.15) is 21.6 Å². The molecule has 98 valence electrons. The Balaban J connectivity index is 2.14. The zero-order valence-corrected chi connectivity index (χ0v) is 11.0. The maximum Gasteiger partial charge on any atom is 0.247 e. The highest BCUT2D eigenvalue weighted by Gasteiger charge is 2.27. The zero-order chi connectivity index (χ0) is 13.3. The zero-order valence-electron chi connectivity index (χ0n) is 9.47. The van der Waals surface area contributed by atoms with Crippen molar-refractivity contribution in [1.82, 2.24) is 9.97 Å². The third-order valence-electron chi connectivity index (χ3n) is 2.42. The molecule has 0 aromatic carbocycles. The van der Waals surface area contributed by atoms with Crippen LogP contribution in [0.3, 0.4) is 0 Å². The number of anilines is 2. The number of rotatable bonds is 3. The number of carbonyl (C=O) groups is 1. The lowest BCUT2D eigenvalue weighted by molar-refractivity contribution is -0.117. The van der Waals surface area contributed by atoms with Crippen molar-refractivity contribution < 1.29 is 13.2 Å². The van der Waals surface area contributed by atoms with Crippen LogP contribution in [0.4, 0.5) is 11.5 Å². The Labute approximate surface area is 109 Å². The van der Waals surface area contributed by atoms with Gasteiger partial charge in [-0.3, -0.25) is 4.79 Å². The predicted molar refractivity (Wildman–Crippen MR) is 67.4 cm³/mol. The van der Waals surface area contributed by atoms with Gasteiger partial charge in [0, 0.05) is 6.26 Å². The van der Waals surface area contributed by atoms with Gasteiger partial charge in [-0.1, -0.05) is 0 Å². The highest BCUT2D eigenvalue weighted by molar-refractivity contribution is 7.90. The maximum absolute atomic E-state index is 11.7. The molecule has 2 heterocycles. The van der Waals surface area contributed by atoms with Crippen molar-refractivity contribution in [2.45, 2.75) is 12.5 Å². The van der Waals surface area contributed by atoms with Crippen LogP contribution in [0.2, 0.25) is 5.28 Å². The fourth-order valence-electron chi connectivity index (χ4n) is 1.55. The lowest BCUT2D eigenvalue weighted by atomic mass is 10.1. The van der Waals surface area contributed by atoms with Crippen LogP contribution in [0, 0.1) is 0 Å². The molecule has 2 rings (SSSR count). The normalized spacial score (nSPS) is 18.8. The van der Waals surface area contributed by atoms with E-state index in [-0.39, 0.29) is 23.4 Å². The summed E-state index contributed by atoms with van der Waals surface area (Å²) in [6.07, 6.45) is 2.69. The number of nitrogens with one attached hydrogen (secondary N) is 2. The summed E-state index contributed by atoms with van der Waals surface area (Å²) in [5.74, 6) is 0.0110. The summed E-state index contributed by atoms with van der Waals surface area (Å²) in [5.41, 5.74) is 0.431. The van der Waals surface area contributed by atoms with Crippen molar-refractivity contribution >= 4 is 38.9 Å². The molecular weight excluding hydrogens is 280 g/mol. The molecule has 1 aromatic heterocycles. The Morgan fingerprint density at radius 3 is 2.89 bits per heavy atom. The molecule has 18 heavy (non-hydrogen) atoms. The van der Waals surface area contributed by atoms with Crippen molar-refractivity contribution in [2.24, 2.45) is 0 Å². The monoisotopic (exact) mass is 290 g/mol. The molecule has 1 aliphatic rings. The summed E-state index contributed by atoms with van der Waals surface area (Å²) in [6, 6.07) is -0.641. The van der Waals surface area contributed by atoms with E-state index in [9.17, 15) is 13.2 Å². The number of carbonyl (C=O) groups excluding carboxylic acids is 1. The summed E-state index contributed by atoms with van der Waals surface area (Å²) in [5, 5.41) is 5.50. The fraction of sp³-hybridized carbons (Fsp3) is 0.444. The molecule has 1 atom stereocenters. The van der Waals surface area contributed by atoms with Crippen LogP contribution in [0.1, 0.15) is 6.42 Å². The van der Waals surface area contributed by atoms with Crippen LogP contribution in [0.15, 0.2) is 6.20 Å². The third kappa shape index (κ3) is 3.08. The van der Waals surface area contributed by atoms with E-state index in [0.29, 0.717) is 11.5 Å². The summed E-state index contributed by atoms with van der Waals surface area (Å²) in [7, 11) is -3.11. The van der Waals surface area contributed by atoms with E-state index < -0.39 is 15.9 Å². The Kier molecular flexibility index (Phi) is 3.40. The lowest BCUT2D eigenvalue weighted by Gasteiger charge is -2.25. The first-order valence-electron chi connectivity index (χ1n) is 5.13. The first kappa shape index (κ1) is 13.0. The van der Waals surface area contributed by atoms with Gasteiger partial charge in [-0.25, -0.2) is 13.4 Å². The molecule has 0 saturated carbocycles. The smallest absolute Gasteiger partial charge is 0.247 e. The summed E-state index contributed by atoms with van der Waals surface area (Å²) in [4.78, 5) is 19.4. The quantitative estimate of drug-likeness (QED) is 0.776. The van der Waals surface area contributed by atoms with Gasteiger partial charge in [-0.05, 0) is 18.0 Å². The van der Waals surface area contributed by atoms with Crippen molar-refractivity contribution in [2.75, 3.05) is 22.6 Å². The standard InChI is InChI=1S/C9H11ClN4O3S/c1-18(16,17)3-2-5-8(15)13-6-4-11-9(10)14-7(6)12-5/h4-5H,2-3H2,1H3,(H,13,15)(H,11,12,14). The van der Waals surface area contributed by atoms with Gasteiger partial charge in [-0.15, -0.1) is 0 Å². The van der Waals surface area contributed by atoms with Crippen LogP contribution < -0.4 is 10.6 Å². The molecule has 1 aliphatic heterocycles. The molecule has 9 heteroatoms. The minimum Gasteiger partial charge on any atom is -0.356 e. The van der Waals surface area contributed by atoms with Crippen LogP contribution in [0.25, 0.3) is 0 Å². The van der Waals surface area contributed by atoms with E-state index >= 15 is 0 Å². The molecule has 1 amide bonds. The molecule has 1 unspecified atom stereocenters. The minimum absolute atomic E-state index is 0.0549. The van der Waals surface area contributed by atoms with Gasteiger partial charge in [0.2, 0.25) is 11.2 Å². The topological polar surface area (TPSA) is 101 Å². The molecule has 1 aromatic rings. The van der Waals surface area contributed by atoms with Gasteiger partial charge < -0.3 is 10.6 Å². The minimum atomic E-state index is -3.11. The molecular formula is C9H11ClN4O3S. The molecule has 0 bridgehead atoms. The first-order valence-corrected chi connectivity index (χ1v) is 7.57. The molecule has 0 radical (unpaired) electrons. The molecule has 0 saturated heterocycles. The highest BCUT2D eigenvalue weighted by Crippen LogP contribution is 2.25. The van der Waals surface area contributed by atoms with Gasteiger partial charge in [0.05, 0.1) is 11.9 Å². The van der Waals surface area contributed by atoms with Crippen LogP contribution >= 0.6 is 11.6 Å². The number of fused-ring (bicyclic) bond motifs is 1. The second-order valence-electron chi connectivity index (χ2n) is 4.01. The number of amides is 1. The molecule has 2 N–H and O–H groups in total. The van der Waals surface area contributed by atoms with E-state index in [1.807, 2.05) is 0 Å². The number of sulfone groups is 1. The van der Waals surface area contributed by atoms with Gasteiger partial charge >= 0.3 is 0 Å². The Hall–Kier alpha value is -1.41. The second kappa shape index (κ2) is 4.69. The van der Waals surface area contributed by atoms with E-state index in [1.165, 1.54) is 6.20 Å². The SMILES string of the molecule is CS(=O)(=O)CCC1Nc2nc(Cl)ncc2NC1=O. The number of nitrogens with zero attached hydrogens (tertiary/aromatic N) is 2. The summed E-state index contributed by atoms with van der Waals surface area (Å²) >= 11 is 5.64. The lowest BCUT2D eigenvalue weighted by Crippen LogP contribution is -2.40. The van der Waals surface area contributed by atoms with Gasteiger partial charge in [-0.2, -0.15) is 4.98 Å². The maximum atomic E-state index is 11.7. The predicted octanol–water partition coefficient (Wildman–Crippen LogP) is 0.297. The van der Waals surface area contributed by atoms with E-state index in [0.717, 1.165) is 6.26 Å². The third-order valence-corrected chi connectivity index (χ3v) is 3.58. The first-order chi connectivity index (χ1) is 8.35. The van der Waals surface area contributed by atoms with E-state index in [1.54, 1.807) is 0 Å². The molecule has 0 fully saturated rings. The number of hydrogen-bond donors (Lipinski definition) is 2. The summed E-state index contributed by atoms with van der Waals surface area (Å²) < 4.78 is 22.1. The number of aromatic nitrogens is 2. The highest BCUT2D eigenvalue weighted by atomic mass is 35.5. The average molecular weight is 291 g/mol. The van der Waals surface area contributed by atoms with Crippen LogP contribution in [-0.4, -0.2) is 42.3 Å². The molecule has 0 aliphatic carbocycles. The Morgan fingerprint density at radius 1 is 1.50 bits per heavy atom. The van der Waals surface area contributed by atoms with Crippen molar-refractivity contribution in [3.8, 4) is 0 Å². The molecule has 7 nitrogen and oxygen atoms in total. The molecule has 0 spiro atoms.